The summed E-state index contributed by atoms with van der Waals surface area (Å²) in [5.74, 6) is -0.273. The van der Waals surface area contributed by atoms with Crippen LogP contribution in [0.15, 0.2) is 24.3 Å². The number of hydrogen-bond acceptors (Lipinski definition) is 3. The van der Waals surface area contributed by atoms with Crippen LogP contribution in [-0.4, -0.2) is 30.4 Å². The molecule has 4 nitrogen and oxygen atoms in total. The first kappa shape index (κ1) is 13.6. The number of hydrogen-bond donors (Lipinski definition) is 1. The van der Waals surface area contributed by atoms with Gasteiger partial charge in [0.2, 0.25) is 0 Å². The minimum Gasteiger partial charge on any atom is -0.490 e. The summed E-state index contributed by atoms with van der Waals surface area (Å²) in [5.41, 5.74) is 1.84. The predicted molar refractivity (Wildman–Crippen MR) is 72.3 cm³/mol. The van der Waals surface area contributed by atoms with Crippen LogP contribution in [0.3, 0.4) is 0 Å². The van der Waals surface area contributed by atoms with Crippen molar-refractivity contribution in [2.24, 2.45) is 0 Å². The molecule has 1 saturated heterocycles. The third-order valence-electron chi connectivity index (χ3n) is 3.02. The largest absolute Gasteiger partial charge is 0.490 e. The Morgan fingerprint density at radius 1 is 1.58 bits per heavy atom. The highest BCUT2D eigenvalue weighted by Gasteiger charge is 2.16. The lowest BCUT2D eigenvalue weighted by molar-refractivity contribution is -0.131. The summed E-state index contributed by atoms with van der Waals surface area (Å²) in [6.45, 7) is 3.27. The molecular formula is C15H18O4. The van der Waals surface area contributed by atoms with Crippen molar-refractivity contribution in [1.29, 1.82) is 0 Å². The molecule has 1 aromatic carbocycles. The second kappa shape index (κ2) is 6.38. The van der Waals surface area contributed by atoms with Gasteiger partial charge >= 0.3 is 5.97 Å². The normalized spacial score (nSPS) is 18.9. The standard InChI is InChI=1S/C15H18O4/c1-11-4-6-14(12(9-11)5-7-15(16)17)19-10-13-3-2-8-18-13/h4-7,9,13H,2-3,8,10H2,1H3,(H,16,17)/b7-5+. The molecule has 102 valence electrons. The molecule has 1 unspecified atom stereocenters. The number of aryl methyl sites for hydroxylation is 1. The summed E-state index contributed by atoms with van der Waals surface area (Å²) >= 11 is 0. The highest BCUT2D eigenvalue weighted by Crippen LogP contribution is 2.23. The van der Waals surface area contributed by atoms with Crippen molar-refractivity contribution in [1.82, 2.24) is 0 Å². The Balaban J connectivity index is 2.07. The monoisotopic (exact) mass is 262 g/mol. The van der Waals surface area contributed by atoms with E-state index in [0.717, 1.165) is 36.7 Å². The Bertz CT molecular complexity index is 473. The second-order valence-electron chi connectivity index (χ2n) is 4.66. The van der Waals surface area contributed by atoms with E-state index in [1.54, 1.807) is 6.08 Å². The van der Waals surface area contributed by atoms with Gasteiger partial charge in [-0.05, 0) is 38.0 Å². The van der Waals surface area contributed by atoms with Crippen LogP contribution >= 0.6 is 0 Å². The molecular weight excluding hydrogens is 244 g/mol. The minimum atomic E-state index is -0.966. The van der Waals surface area contributed by atoms with Crippen LogP contribution in [0.5, 0.6) is 5.75 Å². The van der Waals surface area contributed by atoms with E-state index in [9.17, 15) is 4.79 Å². The van der Waals surface area contributed by atoms with Crippen LogP contribution in [0.25, 0.3) is 6.08 Å². The lowest BCUT2D eigenvalue weighted by atomic mass is 10.1. The van der Waals surface area contributed by atoms with Gasteiger partial charge in [-0.25, -0.2) is 4.79 Å². The quantitative estimate of drug-likeness (QED) is 0.829. The first-order valence-corrected chi connectivity index (χ1v) is 6.41. The number of carboxylic acids is 1. The summed E-state index contributed by atoms with van der Waals surface area (Å²) in [4.78, 5) is 10.6. The van der Waals surface area contributed by atoms with Crippen LogP contribution in [0, 0.1) is 6.92 Å². The van der Waals surface area contributed by atoms with Crippen molar-refractivity contribution in [3.8, 4) is 5.75 Å². The molecule has 1 aliphatic heterocycles. The van der Waals surface area contributed by atoms with E-state index in [4.69, 9.17) is 14.6 Å². The highest BCUT2D eigenvalue weighted by atomic mass is 16.5. The first-order valence-electron chi connectivity index (χ1n) is 6.41. The summed E-state index contributed by atoms with van der Waals surface area (Å²) < 4.78 is 11.2. The van der Waals surface area contributed by atoms with E-state index in [1.165, 1.54) is 0 Å². The summed E-state index contributed by atoms with van der Waals surface area (Å²) in [5, 5.41) is 8.69. The summed E-state index contributed by atoms with van der Waals surface area (Å²) in [7, 11) is 0. The fourth-order valence-electron chi connectivity index (χ4n) is 2.05. The van der Waals surface area contributed by atoms with Crippen molar-refractivity contribution >= 4 is 12.0 Å². The van der Waals surface area contributed by atoms with Gasteiger partial charge in [-0.1, -0.05) is 11.6 Å². The van der Waals surface area contributed by atoms with Gasteiger partial charge in [-0.3, -0.25) is 0 Å². The average molecular weight is 262 g/mol. The molecule has 0 aliphatic carbocycles. The molecule has 0 aromatic heterocycles. The third-order valence-corrected chi connectivity index (χ3v) is 3.02. The van der Waals surface area contributed by atoms with Crippen LogP contribution in [-0.2, 0) is 9.53 Å². The fraction of sp³-hybridized carbons (Fsp3) is 0.400. The summed E-state index contributed by atoms with van der Waals surface area (Å²) in [6, 6.07) is 5.72. The second-order valence-corrected chi connectivity index (χ2v) is 4.66. The maximum Gasteiger partial charge on any atom is 0.328 e. The van der Waals surface area contributed by atoms with Crippen LogP contribution < -0.4 is 4.74 Å². The number of ether oxygens (including phenoxy) is 2. The van der Waals surface area contributed by atoms with Crippen LogP contribution in [0.1, 0.15) is 24.0 Å². The summed E-state index contributed by atoms with van der Waals surface area (Å²) in [6.07, 6.45) is 4.92. The lowest BCUT2D eigenvalue weighted by Crippen LogP contribution is -2.16. The smallest absolute Gasteiger partial charge is 0.328 e. The molecule has 1 atom stereocenters. The topological polar surface area (TPSA) is 55.8 Å². The minimum absolute atomic E-state index is 0.151. The fourth-order valence-corrected chi connectivity index (χ4v) is 2.05. The number of carboxylic acid groups (broad SMARTS) is 1. The molecule has 1 aromatic rings. The van der Waals surface area contributed by atoms with Crippen molar-refractivity contribution in [3.05, 3.63) is 35.4 Å². The lowest BCUT2D eigenvalue weighted by Gasteiger charge is -2.13. The van der Waals surface area contributed by atoms with Crippen LogP contribution in [0.2, 0.25) is 0 Å². The van der Waals surface area contributed by atoms with Gasteiger partial charge in [0.05, 0.1) is 6.10 Å². The molecule has 0 amide bonds. The highest BCUT2D eigenvalue weighted by molar-refractivity contribution is 5.85. The molecule has 1 fully saturated rings. The van der Waals surface area contributed by atoms with E-state index in [0.29, 0.717) is 12.4 Å². The molecule has 0 saturated carbocycles. The average Bonchev–Trinajstić information content (AvgIpc) is 2.88. The van der Waals surface area contributed by atoms with Gasteiger partial charge in [0.1, 0.15) is 12.4 Å². The molecule has 19 heavy (non-hydrogen) atoms. The van der Waals surface area contributed by atoms with Gasteiger partial charge in [0.15, 0.2) is 0 Å². The molecule has 0 radical (unpaired) electrons. The Hall–Kier alpha value is -1.81. The van der Waals surface area contributed by atoms with E-state index in [-0.39, 0.29) is 6.10 Å². The van der Waals surface area contributed by atoms with Gasteiger partial charge in [-0.15, -0.1) is 0 Å². The molecule has 1 heterocycles. The van der Waals surface area contributed by atoms with Gasteiger partial charge < -0.3 is 14.6 Å². The Labute approximate surface area is 112 Å². The van der Waals surface area contributed by atoms with E-state index in [1.807, 2.05) is 25.1 Å². The van der Waals surface area contributed by atoms with E-state index >= 15 is 0 Å². The molecule has 1 N–H and O–H groups in total. The van der Waals surface area contributed by atoms with Crippen molar-refractivity contribution < 1.29 is 19.4 Å². The number of carbonyl (C=O) groups is 1. The Morgan fingerprint density at radius 3 is 3.11 bits per heavy atom. The van der Waals surface area contributed by atoms with Gasteiger partial charge in [-0.2, -0.15) is 0 Å². The SMILES string of the molecule is Cc1ccc(OCC2CCCO2)c(/C=C/C(=O)O)c1. The number of benzene rings is 1. The Morgan fingerprint density at radius 2 is 2.42 bits per heavy atom. The van der Waals surface area contributed by atoms with E-state index < -0.39 is 5.97 Å². The number of aliphatic carboxylic acids is 1. The molecule has 0 bridgehead atoms. The molecule has 4 heteroatoms. The first-order chi connectivity index (χ1) is 9.15. The number of rotatable bonds is 5. The zero-order valence-corrected chi connectivity index (χ0v) is 11.0. The zero-order valence-electron chi connectivity index (χ0n) is 11.0. The molecule has 1 aliphatic rings. The van der Waals surface area contributed by atoms with Crippen LogP contribution in [0.4, 0.5) is 0 Å². The Kier molecular flexibility index (Phi) is 4.58. The van der Waals surface area contributed by atoms with E-state index in [2.05, 4.69) is 0 Å². The third kappa shape index (κ3) is 4.10. The molecule has 0 spiro atoms. The van der Waals surface area contributed by atoms with Crippen molar-refractivity contribution in [2.75, 3.05) is 13.2 Å². The predicted octanol–water partition coefficient (Wildman–Crippen LogP) is 2.65. The van der Waals surface area contributed by atoms with Gasteiger partial charge in [0, 0.05) is 18.2 Å². The van der Waals surface area contributed by atoms with Crippen molar-refractivity contribution in [3.63, 3.8) is 0 Å². The van der Waals surface area contributed by atoms with Crippen molar-refractivity contribution in [2.45, 2.75) is 25.9 Å². The molecule has 2 rings (SSSR count). The maximum atomic E-state index is 10.6. The van der Waals surface area contributed by atoms with Gasteiger partial charge in [0.25, 0.3) is 0 Å². The maximum absolute atomic E-state index is 10.6. The zero-order chi connectivity index (χ0) is 13.7.